The predicted octanol–water partition coefficient (Wildman–Crippen LogP) is 25.4. The molecule has 0 radical (unpaired) electrons. The van der Waals surface area contributed by atoms with Crippen molar-refractivity contribution >= 4 is 33.6 Å². The van der Waals surface area contributed by atoms with Gasteiger partial charge in [0.1, 0.15) is 25.4 Å². The highest BCUT2D eigenvalue weighted by atomic mass is 31.2. The lowest BCUT2D eigenvalue weighted by Gasteiger charge is -2.21. The summed E-state index contributed by atoms with van der Waals surface area (Å²) in [6.07, 6.45) is 99.4. The predicted molar refractivity (Wildman–Crippen MR) is 445 cm³/mol. The number of allylic oxidation sites excluding steroid dienone is 22. The van der Waals surface area contributed by atoms with Crippen LogP contribution in [0.25, 0.3) is 0 Å². The average molecular weight is 1540 g/mol. The van der Waals surface area contributed by atoms with Gasteiger partial charge >= 0.3 is 33.6 Å². The molecule has 0 rings (SSSR count). The number of hydrogen-bond acceptors (Lipinski definition) is 14. The molecule has 0 saturated heterocycles. The van der Waals surface area contributed by atoms with E-state index >= 15 is 0 Å². The molecule has 0 saturated carbocycles. The summed E-state index contributed by atoms with van der Waals surface area (Å²) in [4.78, 5) is 58.7. The summed E-state index contributed by atoms with van der Waals surface area (Å²) in [5.74, 6) is -1.60. The third kappa shape index (κ3) is 82.5. The third-order valence-electron chi connectivity index (χ3n) is 17.8. The molecule has 18 heteroatoms. The van der Waals surface area contributed by atoms with Crippen molar-refractivity contribution in [2.75, 3.05) is 39.6 Å². The number of unbranched alkanes of at least 4 members (excludes halogenated alkanes) is 35. The summed E-state index contributed by atoms with van der Waals surface area (Å²) >= 11 is 0. The first-order valence-electron chi connectivity index (χ1n) is 42.5. The minimum atomic E-state index is -4.94. The van der Waals surface area contributed by atoms with Gasteiger partial charge in [0.05, 0.1) is 26.4 Å². The molecule has 16 nitrogen and oxygen atoms in total. The van der Waals surface area contributed by atoms with E-state index in [1.54, 1.807) is 0 Å². The fourth-order valence-corrected chi connectivity index (χ4v) is 13.0. The van der Waals surface area contributed by atoms with Crippen LogP contribution < -0.4 is 0 Å². The number of phosphoric ester groups is 2. The molecule has 107 heavy (non-hydrogen) atoms. The summed E-state index contributed by atoms with van der Waals surface area (Å²) in [7, 11) is -9.80. The van der Waals surface area contributed by atoms with Crippen LogP contribution in [-0.4, -0.2) is 95.9 Å². The van der Waals surface area contributed by atoms with E-state index in [0.29, 0.717) is 19.3 Å². The van der Waals surface area contributed by atoms with Crippen LogP contribution in [0.3, 0.4) is 0 Å². The number of hydrogen-bond donors (Lipinski definition) is 4. The van der Waals surface area contributed by atoms with Crippen LogP contribution in [0.4, 0.5) is 0 Å². The summed E-state index contributed by atoms with van der Waals surface area (Å²) < 4.78 is 61.2. The van der Waals surface area contributed by atoms with Crippen molar-refractivity contribution in [3.8, 4) is 0 Å². The van der Waals surface area contributed by atoms with Crippen molar-refractivity contribution in [1.82, 2.24) is 0 Å². The highest BCUT2D eigenvalue weighted by Crippen LogP contribution is 2.45. The molecule has 0 bridgehead atoms. The number of carbonyl (C=O) groups is 3. The fraction of sp³-hybridized carbons (Fsp3) is 0.719. The van der Waals surface area contributed by atoms with Crippen LogP contribution in [0.15, 0.2) is 134 Å². The Morgan fingerprint density at radius 2 is 0.495 bits per heavy atom. The lowest BCUT2D eigenvalue weighted by molar-refractivity contribution is -0.161. The smallest absolute Gasteiger partial charge is 0.463 e. The Labute approximate surface area is 652 Å². The monoisotopic (exact) mass is 1540 g/mol. The van der Waals surface area contributed by atoms with Crippen LogP contribution in [-0.2, 0) is 55.8 Å². The number of carbonyl (C=O) groups excluding carboxylic acids is 3. The van der Waals surface area contributed by atoms with E-state index in [1.165, 1.54) is 148 Å². The molecule has 0 spiro atoms. The van der Waals surface area contributed by atoms with Gasteiger partial charge in [-0.2, -0.15) is 0 Å². The van der Waals surface area contributed by atoms with E-state index in [4.69, 9.17) is 32.3 Å². The highest BCUT2D eigenvalue weighted by Gasteiger charge is 2.29. The molecule has 5 atom stereocenters. The molecule has 0 aliphatic rings. The first kappa shape index (κ1) is 103. The summed E-state index contributed by atoms with van der Waals surface area (Å²) in [5.41, 5.74) is 0. The van der Waals surface area contributed by atoms with Gasteiger partial charge in [0.25, 0.3) is 0 Å². The normalized spacial score (nSPS) is 14.6. The zero-order valence-corrected chi connectivity index (χ0v) is 69.3. The van der Waals surface area contributed by atoms with Gasteiger partial charge in [0, 0.05) is 19.3 Å². The number of rotatable bonds is 80. The van der Waals surface area contributed by atoms with Crippen LogP contribution in [0.2, 0.25) is 0 Å². The SMILES string of the molecule is CC/C=C\C/C=C\C/C=C\C/C=C\C/C=C\CCCCCCCCCCCCCCCCCCCCCC(=O)OCC(O)COP(=O)(O)OCC(O)COP(=O)(O)OCC(COC(=O)CCCCCCC/C=C\C/C=C\C/C=C\C/C=C\CCCCC)OC(=O)CCCCCCC/C=C\C/C=C\CCCCC. The van der Waals surface area contributed by atoms with E-state index in [2.05, 4.69) is 154 Å². The van der Waals surface area contributed by atoms with Crippen molar-refractivity contribution < 1.29 is 75.8 Å². The van der Waals surface area contributed by atoms with Gasteiger partial charge in [-0.05, 0) is 141 Å². The maximum Gasteiger partial charge on any atom is 0.472 e. The molecule has 0 heterocycles. The number of aliphatic hydroxyl groups excluding tert-OH is 2. The number of phosphoric acid groups is 2. The molecule has 0 amide bonds. The van der Waals surface area contributed by atoms with Gasteiger partial charge in [-0.1, -0.05) is 328 Å². The maximum atomic E-state index is 13.0. The largest absolute Gasteiger partial charge is 0.472 e. The van der Waals surface area contributed by atoms with Gasteiger partial charge in [-0.25, -0.2) is 9.13 Å². The molecule has 0 aliphatic carbocycles. The molecule has 616 valence electrons. The van der Waals surface area contributed by atoms with Crippen LogP contribution in [0.5, 0.6) is 0 Å². The Hall–Kier alpha value is -4.31. The van der Waals surface area contributed by atoms with Crippen LogP contribution in [0, 0.1) is 0 Å². The molecule has 0 fully saturated rings. The Balaban J connectivity index is 4.43. The minimum Gasteiger partial charge on any atom is -0.463 e. The van der Waals surface area contributed by atoms with Crippen molar-refractivity contribution in [3.05, 3.63) is 134 Å². The van der Waals surface area contributed by atoms with Gasteiger partial charge < -0.3 is 34.2 Å². The van der Waals surface area contributed by atoms with Gasteiger partial charge in [0.15, 0.2) is 6.10 Å². The van der Waals surface area contributed by atoms with Crippen molar-refractivity contribution in [1.29, 1.82) is 0 Å². The van der Waals surface area contributed by atoms with E-state index in [-0.39, 0.29) is 19.3 Å². The highest BCUT2D eigenvalue weighted by molar-refractivity contribution is 7.47. The minimum absolute atomic E-state index is 0.0826. The molecule has 5 unspecified atom stereocenters. The Kier molecular flexibility index (Phi) is 77.9. The summed E-state index contributed by atoms with van der Waals surface area (Å²) in [6, 6.07) is 0. The molecular weight excluding hydrogens is 1390 g/mol. The number of esters is 3. The van der Waals surface area contributed by atoms with Crippen molar-refractivity contribution in [2.45, 2.75) is 373 Å². The quantitative estimate of drug-likeness (QED) is 0.0146. The average Bonchev–Trinajstić information content (AvgIpc) is 0.906. The van der Waals surface area contributed by atoms with Gasteiger partial charge in [-0.15, -0.1) is 0 Å². The molecule has 0 aliphatic heterocycles. The van der Waals surface area contributed by atoms with Crippen LogP contribution in [0.1, 0.15) is 355 Å². The van der Waals surface area contributed by atoms with Crippen molar-refractivity contribution in [3.63, 3.8) is 0 Å². The van der Waals surface area contributed by atoms with E-state index in [1.807, 2.05) is 0 Å². The fourth-order valence-electron chi connectivity index (χ4n) is 11.4. The lowest BCUT2D eigenvalue weighted by atomic mass is 10.0. The first-order chi connectivity index (χ1) is 52.2. The second-order valence-electron chi connectivity index (χ2n) is 28.2. The molecule has 0 aromatic heterocycles. The summed E-state index contributed by atoms with van der Waals surface area (Å²) in [6.45, 7) is 2.50. The first-order valence-corrected chi connectivity index (χ1v) is 45.5. The van der Waals surface area contributed by atoms with Gasteiger partial charge in [0.2, 0.25) is 0 Å². The zero-order valence-electron chi connectivity index (χ0n) is 67.5. The lowest BCUT2D eigenvalue weighted by Crippen LogP contribution is -2.30. The Morgan fingerprint density at radius 3 is 0.785 bits per heavy atom. The van der Waals surface area contributed by atoms with Crippen LogP contribution >= 0.6 is 15.6 Å². The second kappa shape index (κ2) is 81.2. The van der Waals surface area contributed by atoms with E-state index in [9.17, 15) is 43.5 Å². The Morgan fingerprint density at radius 1 is 0.271 bits per heavy atom. The topological polar surface area (TPSA) is 231 Å². The molecule has 0 aromatic rings. The van der Waals surface area contributed by atoms with E-state index in [0.717, 1.165) is 148 Å². The van der Waals surface area contributed by atoms with Gasteiger partial charge in [-0.3, -0.25) is 32.5 Å². The second-order valence-corrected chi connectivity index (χ2v) is 31.2. The maximum absolute atomic E-state index is 13.0. The standard InChI is InChI=1S/C89H154O16P2/c1-4-7-10-13-16-19-22-25-28-30-32-34-35-36-37-38-39-40-41-42-43-44-45-46-47-49-51-52-55-57-60-63-66-69-72-75-87(92)99-78-84(90)79-101-106(95,96)102-80-85(91)81-103-107(97,98)104-83-86(105-89(94)77-74-71-68-65-62-59-54-27-24-21-18-15-12-9-6-3)82-100-88(93)76-73-70-67-64-61-58-56-53-50-48-33-31-29-26-23-20-17-14-11-8-5-2/h7,10,16-21,25-29,32-34,36-37,48,53-54,56,84-86,90-91H,4-6,8-9,11-15,22-24,30-31,35,38-47,49-52,55,57-83H2,1-3H3,(H,95,96)(H,97,98)/b10-7-,19-16-,20-17-,21-18-,28-25-,29-26-,34-32-,37-36-,48-33-,54-27-,56-53-. The third-order valence-corrected chi connectivity index (χ3v) is 19.7. The Bertz CT molecular complexity index is 2480. The van der Waals surface area contributed by atoms with Crippen molar-refractivity contribution in [2.24, 2.45) is 0 Å². The molecular formula is C89H154O16P2. The van der Waals surface area contributed by atoms with E-state index < -0.39 is 91.5 Å². The number of aliphatic hydroxyl groups is 2. The molecule has 0 aromatic carbocycles. The summed E-state index contributed by atoms with van der Waals surface area (Å²) in [5, 5.41) is 20.7. The molecule has 4 N–H and O–H groups in total. The number of ether oxygens (including phenoxy) is 3. The zero-order chi connectivity index (χ0) is 78.0.